The van der Waals surface area contributed by atoms with Gasteiger partial charge in [0.1, 0.15) is 0 Å². The van der Waals surface area contributed by atoms with Crippen molar-refractivity contribution >= 4 is 11.6 Å². The highest BCUT2D eigenvalue weighted by atomic mass is 16.5. The van der Waals surface area contributed by atoms with Crippen molar-refractivity contribution in [2.75, 3.05) is 37.7 Å². The Labute approximate surface area is 275 Å². The van der Waals surface area contributed by atoms with Gasteiger partial charge in [-0.15, -0.1) is 0 Å². The lowest BCUT2D eigenvalue weighted by atomic mass is 9.92. The van der Waals surface area contributed by atoms with Crippen LogP contribution in [0.4, 0.5) is 5.69 Å². The van der Waals surface area contributed by atoms with Crippen LogP contribution in [0, 0.1) is 33.6 Å². The summed E-state index contributed by atoms with van der Waals surface area (Å²) in [4.78, 5) is 34.5. The molecule has 7 nitrogen and oxygen atoms in total. The summed E-state index contributed by atoms with van der Waals surface area (Å²) in [6, 6.07) is 13.5. The zero-order valence-corrected chi connectivity index (χ0v) is 28.9. The number of H-pyrrole nitrogens is 1. The van der Waals surface area contributed by atoms with Crippen molar-refractivity contribution in [2.45, 2.75) is 99.2 Å². The van der Waals surface area contributed by atoms with Gasteiger partial charge in [-0.3, -0.25) is 14.5 Å². The number of hydrogen-bond donors (Lipinski definition) is 2. The smallest absolute Gasteiger partial charge is 0.253 e. The van der Waals surface area contributed by atoms with Crippen LogP contribution in [0.2, 0.25) is 0 Å². The van der Waals surface area contributed by atoms with Crippen molar-refractivity contribution in [3.8, 4) is 11.1 Å². The van der Waals surface area contributed by atoms with Gasteiger partial charge in [0.15, 0.2) is 0 Å². The second kappa shape index (κ2) is 15.4. The van der Waals surface area contributed by atoms with Crippen LogP contribution in [0.25, 0.3) is 11.1 Å². The predicted octanol–water partition coefficient (Wildman–Crippen LogP) is 7.22. The minimum Gasteiger partial charge on any atom is -0.381 e. The molecule has 1 aromatic heterocycles. The third-order valence-corrected chi connectivity index (χ3v) is 9.92. The molecule has 0 unspecified atom stereocenters. The van der Waals surface area contributed by atoms with Gasteiger partial charge in [0.2, 0.25) is 0 Å². The molecule has 3 aromatic rings. The first-order chi connectivity index (χ1) is 22.2. The second-order valence-electron chi connectivity index (χ2n) is 13.6. The van der Waals surface area contributed by atoms with Crippen molar-refractivity contribution in [1.29, 1.82) is 0 Å². The number of benzene rings is 2. The van der Waals surface area contributed by atoms with E-state index in [4.69, 9.17) is 4.74 Å². The summed E-state index contributed by atoms with van der Waals surface area (Å²) in [5, 5.41) is 3.08. The van der Waals surface area contributed by atoms with Crippen LogP contribution >= 0.6 is 0 Å². The van der Waals surface area contributed by atoms with Crippen molar-refractivity contribution in [1.82, 2.24) is 15.2 Å². The van der Waals surface area contributed by atoms with E-state index in [1.54, 1.807) is 0 Å². The summed E-state index contributed by atoms with van der Waals surface area (Å²) < 4.78 is 5.69. The van der Waals surface area contributed by atoms with E-state index in [1.807, 2.05) is 26.0 Å². The molecule has 2 N–H and O–H groups in total. The lowest BCUT2D eigenvalue weighted by molar-refractivity contribution is 0.0846. The van der Waals surface area contributed by atoms with E-state index in [2.05, 4.69) is 72.1 Å². The second-order valence-corrected chi connectivity index (χ2v) is 13.6. The molecule has 5 rings (SSSR count). The highest BCUT2D eigenvalue weighted by Gasteiger charge is 2.26. The van der Waals surface area contributed by atoms with E-state index in [0.29, 0.717) is 17.2 Å². The largest absolute Gasteiger partial charge is 0.381 e. The SMILES string of the molecule is CCCN(CCC1CC1)Cc1ccc(-c2cc(C(=O)NCc3c(C)cc(C)[nH]c3=O)c(C)c(N(CC)C3CCOCC3)c2)c(C)c1. The number of nitrogens with one attached hydrogen (secondary N) is 2. The quantitative estimate of drug-likeness (QED) is 0.198. The maximum atomic E-state index is 13.9. The number of amides is 1. The molecule has 46 heavy (non-hydrogen) atoms. The third-order valence-electron chi connectivity index (χ3n) is 9.92. The molecule has 0 bridgehead atoms. The minimum absolute atomic E-state index is 0.151. The summed E-state index contributed by atoms with van der Waals surface area (Å²) in [7, 11) is 0. The number of aromatic amines is 1. The van der Waals surface area contributed by atoms with Crippen LogP contribution in [0.15, 0.2) is 41.2 Å². The number of ether oxygens (including phenoxy) is 1. The molecular formula is C39H54N4O3. The Hall–Kier alpha value is -3.42. The first kappa shape index (κ1) is 33.9. The lowest BCUT2D eigenvalue weighted by Gasteiger charge is -2.37. The normalized spacial score (nSPS) is 15.4. The highest BCUT2D eigenvalue weighted by molar-refractivity contribution is 5.99. The fraction of sp³-hybridized carbons (Fsp3) is 0.538. The van der Waals surface area contributed by atoms with Gasteiger partial charge >= 0.3 is 0 Å². The summed E-state index contributed by atoms with van der Waals surface area (Å²) >= 11 is 0. The average molecular weight is 627 g/mol. The Bertz CT molecular complexity index is 1570. The Morgan fingerprint density at radius 1 is 0.957 bits per heavy atom. The van der Waals surface area contributed by atoms with Crippen LogP contribution in [0.3, 0.4) is 0 Å². The summed E-state index contributed by atoms with van der Waals surface area (Å²) in [5.41, 5.74) is 9.59. The number of carbonyl (C=O) groups is 1. The Kier molecular flexibility index (Phi) is 11.4. The van der Waals surface area contributed by atoms with Crippen LogP contribution in [-0.2, 0) is 17.8 Å². The molecule has 0 radical (unpaired) electrons. The molecule has 1 amide bonds. The van der Waals surface area contributed by atoms with E-state index < -0.39 is 0 Å². The molecule has 1 saturated carbocycles. The number of aryl methyl sites for hydroxylation is 3. The van der Waals surface area contributed by atoms with Gasteiger partial charge in [0, 0.05) is 61.4 Å². The van der Waals surface area contributed by atoms with Crippen LogP contribution < -0.4 is 15.8 Å². The molecular weight excluding hydrogens is 572 g/mol. The Morgan fingerprint density at radius 2 is 1.72 bits per heavy atom. The van der Waals surface area contributed by atoms with Crippen LogP contribution in [0.5, 0.6) is 0 Å². The predicted molar refractivity (Wildman–Crippen MR) is 189 cm³/mol. The maximum Gasteiger partial charge on any atom is 0.253 e. The molecule has 2 aliphatic rings. The summed E-state index contributed by atoms with van der Waals surface area (Å²) in [5.74, 6) is 0.777. The molecule has 0 spiro atoms. The van der Waals surface area contributed by atoms with E-state index in [1.165, 1.54) is 36.9 Å². The molecule has 1 saturated heterocycles. The number of rotatable bonds is 14. The Morgan fingerprint density at radius 3 is 2.37 bits per heavy atom. The number of carbonyl (C=O) groups excluding carboxylic acids is 1. The number of anilines is 1. The van der Waals surface area contributed by atoms with Gasteiger partial charge in [-0.2, -0.15) is 0 Å². The molecule has 1 aliphatic carbocycles. The van der Waals surface area contributed by atoms with Gasteiger partial charge in [-0.05, 0) is 131 Å². The third kappa shape index (κ3) is 8.29. The molecule has 2 fully saturated rings. The molecule has 2 heterocycles. The zero-order chi connectivity index (χ0) is 32.8. The molecule has 2 aromatic carbocycles. The van der Waals surface area contributed by atoms with Crippen molar-refractivity contribution in [3.05, 3.63) is 85.8 Å². The Balaban J connectivity index is 1.47. The van der Waals surface area contributed by atoms with Crippen molar-refractivity contribution in [3.63, 3.8) is 0 Å². The van der Waals surface area contributed by atoms with E-state index >= 15 is 0 Å². The lowest BCUT2D eigenvalue weighted by Crippen LogP contribution is -2.40. The maximum absolute atomic E-state index is 13.9. The zero-order valence-electron chi connectivity index (χ0n) is 28.9. The summed E-state index contributed by atoms with van der Waals surface area (Å²) in [6.07, 6.45) is 7.22. The fourth-order valence-electron chi connectivity index (χ4n) is 7.14. The van der Waals surface area contributed by atoms with Gasteiger partial charge in [0.05, 0.1) is 0 Å². The fourth-order valence-corrected chi connectivity index (χ4v) is 7.14. The molecule has 248 valence electrons. The van der Waals surface area contributed by atoms with Gasteiger partial charge in [-0.1, -0.05) is 38.0 Å². The number of aromatic nitrogens is 1. The number of hydrogen-bond acceptors (Lipinski definition) is 5. The van der Waals surface area contributed by atoms with E-state index in [9.17, 15) is 9.59 Å². The first-order valence-electron chi connectivity index (χ1n) is 17.5. The molecule has 7 heteroatoms. The van der Waals surface area contributed by atoms with E-state index in [-0.39, 0.29) is 18.0 Å². The molecule has 0 atom stereocenters. The molecule has 1 aliphatic heterocycles. The average Bonchev–Trinajstić information content (AvgIpc) is 3.86. The monoisotopic (exact) mass is 626 g/mol. The summed E-state index contributed by atoms with van der Waals surface area (Å²) in [6.45, 7) is 18.3. The number of pyridine rings is 1. The number of nitrogens with zero attached hydrogens (tertiary/aromatic N) is 2. The van der Waals surface area contributed by atoms with E-state index in [0.717, 1.165) is 91.7 Å². The highest BCUT2D eigenvalue weighted by Crippen LogP contribution is 2.36. The van der Waals surface area contributed by atoms with Crippen LogP contribution in [0.1, 0.15) is 96.2 Å². The van der Waals surface area contributed by atoms with Crippen molar-refractivity contribution in [2.24, 2.45) is 5.92 Å². The van der Waals surface area contributed by atoms with Gasteiger partial charge in [-0.25, -0.2) is 0 Å². The van der Waals surface area contributed by atoms with Crippen LogP contribution in [-0.4, -0.2) is 54.7 Å². The van der Waals surface area contributed by atoms with Crippen molar-refractivity contribution < 1.29 is 9.53 Å². The van der Waals surface area contributed by atoms with Gasteiger partial charge in [0.25, 0.3) is 11.5 Å². The topological polar surface area (TPSA) is 77.7 Å². The standard InChI is InChI=1S/C39H54N4O3/c1-7-16-42(17-13-30-9-10-30)25-31-11-12-34(27(4)21-31)32-22-35(38(44)40-24-36-26(3)20-28(5)41-39(36)45)29(6)37(23-32)43(8-2)33-14-18-46-19-15-33/h11-12,20-23,30,33H,7-10,13-19,24-25H2,1-6H3,(H,40,44)(H,41,45). The van der Waals surface area contributed by atoms with Gasteiger partial charge < -0.3 is 19.9 Å². The first-order valence-corrected chi connectivity index (χ1v) is 17.5. The minimum atomic E-state index is -0.164.